The zero-order valence-electron chi connectivity index (χ0n) is 22.4. The maximum Gasteiger partial charge on any atom is 0.429 e. The van der Waals surface area contributed by atoms with E-state index < -0.39 is 46.5 Å². The molecule has 0 aliphatic heterocycles. The molecule has 0 radical (unpaired) electrons. The van der Waals surface area contributed by atoms with Gasteiger partial charge in [-0.15, -0.1) is 0 Å². The van der Waals surface area contributed by atoms with Crippen LogP contribution in [0.1, 0.15) is 47.6 Å². The Bertz CT molecular complexity index is 1510. The first-order valence-electron chi connectivity index (χ1n) is 12.7. The summed E-state index contributed by atoms with van der Waals surface area (Å²) in [5.74, 6) is -8.44. The van der Waals surface area contributed by atoms with Crippen molar-refractivity contribution in [1.29, 1.82) is 0 Å². The minimum absolute atomic E-state index is 0.0293. The van der Waals surface area contributed by atoms with E-state index in [9.17, 15) is 22.0 Å². The predicted molar refractivity (Wildman–Crippen MR) is 141 cm³/mol. The Morgan fingerprint density at radius 1 is 0.675 bits per heavy atom. The van der Waals surface area contributed by atoms with E-state index in [1.807, 2.05) is 19.1 Å². The Kier molecular flexibility index (Phi) is 8.28. The van der Waals surface area contributed by atoms with Crippen LogP contribution in [-0.4, -0.2) is 0 Å². The summed E-state index contributed by atoms with van der Waals surface area (Å²) in [6.45, 7) is 6.88. The summed E-state index contributed by atoms with van der Waals surface area (Å²) in [6, 6.07) is 11.5. The van der Waals surface area contributed by atoms with Crippen LogP contribution >= 0.6 is 0 Å². The van der Waals surface area contributed by atoms with Crippen LogP contribution in [0.4, 0.5) is 30.7 Å². The van der Waals surface area contributed by atoms with Crippen LogP contribution in [-0.2, 0) is 12.5 Å². The second-order valence-electron chi connectivity index (χ2n) is 9.87. The van der Waals surface area contributed by atoms with Crippen LogP contribution < -0.4 is 4.74 Å². The van der Waals surface area contributed by atoms with Gasteiger partial charge in [0.15, 0.2) is 17.5 Å². The fourth-order valence-electron chi connectivity index (χ4n) is 4.90. The lowest BCUT2D eigenvalue weighted by Crippen LogP contribution is -2.25. The molecule has 0 atom stereocenters. The molecule has 0 amide bonds. The van der Waals surface area contributed by atoms with E-state index in [2.05, 4.69) is 17.7 Å². The molecule has 0 unspecified atom stereocenters. The van der Waals surface area contributed by atoms with E-state index in [1.54, 1.807) is 13.0 Å². The van der Waals surface area contributed by atoms with Gasteiger partial charge in [0, 0.05) is 17.7 Å². The molecule has 0 spiro atoms. The molecule has 1 nitrogen and oxygen atoms in total. The Morgan fingerprint density at radius 3 is 1.88 bits per heavy atom. The molecule has 4 aromatic rings. The molecule has 0 aliphatic rings. The first-order chi connectivity index (χ1) is 18.8. The van der Waals surface area contributed by atoms with Crippen molar-refractivity contribution < 1.29 is 35.5 Å². The molecule has 0 bridgehead atoms. The van der Waals surface area contributed by atoms with Crippen molar-refractivity contribution in [2.45, 2.75) is 53.1 Å². The van der Waals surface area contributed by atoms with Gasteiger partial charge in [0.1, 0.15) is 22.9 Å². The smallest absolute Gasteiger partial charge is 0.429 e. The fourth-order valence-corrected chi connectivity index (χ4v) is 4.90. The zero-order chi connectivity index (χ0) is 29.4. The Morgan fingerprint density at radius 2 is 1.30 bits per heavy atom. The summed E-state index contributed by atoms with van der Waals surface area (Å²) in [7, 11) is 0. The van der Waals surface area contributed by atoms with Crippen molar-refractivity contribution >= 4 is 0 Å². The van der Waals surface area contributed by atoms with Crippen molar-refractivity contribution in [3.8, 4) is 28.0 Å². The van der Waals surface area contributed by atoms with Gasteiger partial charge in [-0.25, -0.2) is 22.0 Å². The summed E-state index contributed by atoms with van der Waals surface area (Å²) >= 11 is 0. The number of hydrogen-bond donors (Lipinski definition) is 0. The highest BCUT2D eigenvalue weighted by Crippen LogP contribution is 2.40. The number of halogens is 7. The molecule has 0 saturated heterocycles. The zero-order valence-corrected chi connectivity index (χ0v) is 22.4. The first-order valence-corrected chi connectivity index (χ1v) is 12.7. The van der Waals surface area contributed by atoms with E-state index in [4.69, 9.17) is 0 Å². The minimum Gasteiger partial charge on any atom is -0.429 e. The van der Waals surface area contributed by atoms with Crippen molar-refractivity contribution in [1.82, 2.24) is 0 Å². The lowest BCUT2D eigenvalue weighted by molar-refractivity contribution is -0.188. The van der Waals surface area contributed by atoms with Gasteiger partial charge in [0.25, 0.3) is 0 Å². The molecule has 0 heterocycles. The Hall–Kier alpha value is -3.81. The van der Waals surface area contributed by atoms with E-state index in [-0.39, 0.29) is 28.8 Å². The highest BCUT2D eigenvalue weighted by atomic mass is 19.3. The van der Waals surface area contributed by atoms with Crippen LogP contribution in [0.2, 0.25) is 0 Å². The standard InChI is InChI=1S/C32H27F7O/c1-5-6-7-20-8-9-24(17(2)10-20)21-11-18(3)29(25(33)13-21)22-12-19(4)30(26(34)14-22)32(38,39)40-23-15-27(35)31(37)28(36)16-23/h8-16H,5-7H2,1-4H3. The minimum atomic E-state index is -4.37. The van der Waals surface area contributed by atoms with Gasteiger partial charge in [-0.2, -0.15) is 8.78 Å². The maximum atomic E-state index is 15.5. The number of rotatable bonds is 8. The predicted octanol–water partition coefficient (Wildman–Crippen LogP) is 10.1. The normalized spacial score (nSPS) is 11.7. The fraction of sp³-hybridized carbons (Fsp3) is 0.250. The average Bonchev–Trinajstić information content (AvgIpc) is 2.84. The first kappa shape index (κ1) is 29.2. The second kappa shape index (κ2) is 11.4. The maximum absolute atomic E-state index is 15.5. The molecule has 0 aliphatic carbocycles. The molecule has 4 rings (SSSR count). The third-order valence-corrected chi connectivity index (χ3v) is 6.78. The Balaban J connectivity index is 1.68. The van der Waals surface area contributed by atoms with Crippen LogP contribution in [0.15, 0.2) is 54.6 Å². The average molecular weight is 561 g/mol. The van der Waals surface area contributed by atoms with Crippen LogP contribution in [0.5, 0.6) is 5.75 Å². The number of hydrogen-bond acceptors (Lipinski definition) is 1. The second-order valence-corrected chi connectivity index (χ2v) is 9.87. The Labute approximate surface area is 228 Å². The third kappa shape index (κ3) is 5.86. The number of unbranched alkanes of at least 4 members (excludes halogenated alkanes) is 1. The van der Waals surface area contributed by atoms with Gasteiger partial charge >= 0.3 is 6.11 Å². The van der Waals surface area contributed by atoms with E-state index >= 15 is 8.78 Å². The van der Waals surface area contributed by atoms with Gasteiger partial charge in [-0.05, 0) is 84.7 Å². The highest BCUT2D eigenvalue weighted by Gasteiger charge is 2.40. The van der Waals surface area contributed by atoms with E-state index in [1.165, 1.54) is 24.6 Å². The van der Waals surface area contributed by atoms with Crippen molar-refractivity contribution in [3.05, 3.63) is 112 Å². The molecule has 0 N–H and O–H groups in total. The summed E-state index contributed by atoms with van der Waals surface area (Å²) in [5, 5.41) is 0. The van der Waals surface area contributed by atoms with Crippen LogP contribution in [0.3, 0.4) is 0 Å². The summed E-state index contributed by atoms with van der Waals surface area (Å²) in [4.78, 5) is 0. The third-order valence-electron chi connectivity index (χ3n) is 6.78. The molecule has 0 aromatic heterocycles. The van der Waals surface area contributed by atoms with Crippen molar-refractivity contribution in [2.75, 3.05) is 0 Å². The van der Waals surface area contributed by atoms with Crippen molar-refractivity contribution in [3.63, 3.8) is 0 Å². The quantitative estimate of drug-likeness (QED) is 0.154. The van der Waals surface area contributed by atoms with Gasteiger partial charge in [-0.1, -0.05) is 43.7 Å². The lowest BCUT2D eigenvalue weighted by atomic mass is 9.91. The molecular formula is C32H27F7O. The molecule has 40 heavy (non-hydrogen) atoms. The molecule has 4 aromatic carbocycles. The van der Waals surface area contributed by atoms with Gasteiger partial charge in [0.2, 0.25) is 0 Å². The molecule has 8 heteroatoms. The number of ether oxygens (including phenoxy) is 1. The summed E-state index contributed by atoms with van der Waals surface area (Å²) in [5.41, 5.74) is 2.70. The summed E-state index contributed by atoms with van der Waals surface area (Å²) in [6.07, 6.45) is -1.28. The molecular weight excluding hydrogens is 533 g/mol. The highest BCUT2D eigenvalue weighted by molar-refractivity contribution is 5.76. The molecule has 0 saturated carbocycles. The van der Waals surface area contributed by atoms with Gasteiger partial charge in [-0.3, -0.25) is 0 Å². The van der Waals surface area contributed by atoms with E-state index in [0.717, 1.165) is 36.5 Å². The number of benzene rings is 4. The van der Waals surface area contributed by atoms with Crippen molar-refractivity contribution in [2.24, 2.45) is 0 Å². The van der Waals surface area contributed by atoms with Crippen LogP contribution in [0, 0.1) is 49.9 Å². The van der Waals surface area contributed by atoms with Gasteiger partial charge < -0.3 is 4.74 Å². The summed E-state index contributed by atoms with van der Waals surface area (Å²) < 4.78 is 105. The van der Waals surface area contributed by atoms with E-state index in [0.29, 0.717) is 11.1 Å². The SMILES string of the molecule is CCCCc1ccc(-c2cc(C)c(-c3cc(C)c(C(F)(F)Oc4cc(F)c(F)c(F)c4)c(F)c3)c(F)c2)c(C)c1. The largest absolute Gasteiger partial charge is 0.429 e. The van der Waals surface area contributed by atoms with Crippen LogP contribution in [0.25, 0.3) is 22.3 Å². The van der Waals surface area contributed by atoms with Gasteiger partial charge in [0.05, 0.1) is 0 Å². The monoisotopic (exact) mass is 560 g/mol. The molecule has 0 fully saturated rings. The lowest BCUT2D eigenvalue weighted by Gasteiger charge is -2.22. The topological polar surface area (TPSA) is 9.23 Å². The molecule has 210 valence electrons. The number of alkyl halides is 2. The number of aryl methyl sites for hydroxylation is 4.